The Morgan fingerprint density at radius 1 is 1.35 bits per heavy atom. The fraction of sp³-hybridized carbons (Fsp3) is 0.438. The van der Waals surface area contributed by atoms with E-state index in [0.29, 0.717) is 11.3 Å². The largest absolute Gasteiger partial charge is 0.478 e. The SMILES string of the molecule is O=C(N[C@H]1CN2CCC1CC2)c1cc2c(C(=O)O)csc2cn1. The Labute approximate surface area is 137 Å². The van der Waals surface area contributed by atoms with Crippen molar-refractivity contribution in [2.75, 3.05) is 19.6 Å². The van der Waals surface area contributed by atoms with Gasteiger partial charge in [0.05, 0.1) is 10.3 Å². The Morgan fingerprint density at radius 3 is 2.78 bits per heavy atom. The normalized spacial score (nSPS) is 26.3. The summed E-state index contributed by atoms with van der Waals surface area (Å²) < 4.78 is 0.779. The van der Waals surface area contributed by atoms with Gasteiger partial charge in [-0.05, 0) is 37.9 Å². The van der Waals surface area contributed by atoms with Gasteiger partial charge in [-0.15, -0.1) is 11.3 Å². The predicted molar refractivity (Wildman–Crippen MR) is 87.0 cm³/mol. The molecule has 3 saturated heterocycles. The first-order valence-electron chi connectivity index (χ1n) is 7.75. The summed E-state index contributed by atoms with van der Waals surface area (Å²) in [5.74, 6) is -0.650. The van der Waals surface area contributed by atoms with Crippen LogP contribution in [-0.2, 0) is 0 Å². The molecule has 120 valence electrons. The van der Waals surface area contributed by atoms with E-state index in [1.54, 1.807) is 17.6 Å². The predicted octanol–water partition coefficient (Wildman–Crippen LogP) is 1.82. The van der Waals surface area contributed by atoms with Crippen LogP contribution in [0.15, 0.2) is 17.6 Å². The third-order valence-corrected chi connectivity index (χ3v) is 5.83. The van der Waals surface area contributed by atoms with Crippen LogP contribution in [0.25, 0.3) is 10.1 Å². The number of carbonyl (C=O) groups is 2. The molecule has 0 aliphatic carbocycles. The van der Waals surface area contributed by atoms with Crippen LogP contribution in [0.4, 0.5) is 0 Å². The molecule has 5 heterocycles. The average Bonchev–Trinajstić information content (AvgIpc) is 2.99. The highest BCUT2D eigenvalue weighted by molar-refractivity contribution is 7.17. The molecule has 0 unspecified atom stereocenters. The second kappa shape index (κ2) is 5.58. The molecule has 2 bridgehead atoms. The number of nitrogens with zero attached hydrogens (tertiary/aromatic N) is 2. The van der Waals surface area contributed by atoms with E-state index in [1.165, 1.54) is 11.3 Å². The minimum atomic E-state index is -0.980. The number of carboxylic acid groups (broad SMARTS) is 1. The van der Waals surface area contributed by atoms with E-state index in [-0.39, 0.29) is 23.2 Å². The molecule has 1 amide bonds. The molecule has 7 heteroatoms. The van der Waals surface area contributed by atoms with Crippen LogP contribution in [0, 0.1) is 5.92 Å². The number of fused-ring (bicyclic) bond motifs is 4. The number of carbonyl (C=O) groups excluding carboxylic acids is 1. The van der Waals surface area contributed by atoms with Gasteiger partial charge < -0.3 is 15.3 Å². The number of hydrogen-bond donors (Lipinski definition) is 2. The first kappa shape index (κ1) is 14.6. The third-order valence-electron chi connectivity index (χ3n) is 4.90. The molecule has 23 heavy (non-hydrogen) atoms. The van der Waals surface area contributed by atoms with Gasteiger partial charge in [0.1, 0.15) is 5.69 Å². The van der Waals surface area contributed by atoms with E-state index in [2.05, 4.69) is 15.2 Å². The molecule has 2 aromatic heterocycles. The lowest BCUT2D eigenvalue weighted by Crippen LogP contribution is -2.57. The Bertz CT molecular complexity index is 780. The van der Waals surface area contributed by atoms with E-state index in [9.17, 15) is 14.7 Å². The minimum Gasteiger partial charge on any atom is -0.478 e. The maximum absolute atomic E-state index is 12.5. The molecule has 3 aliphatic heterocycles. The van der Waals surface area contributed by atoms with Gasteiger partial charge >= 0.3 is 5.97 Å². The van der Waals surface area contributed by atoms with Crippen molar-refractivity contribution in [3.05, 3.63) is 28.9 Å². The monoisotopic (exact) mass is 331 g/mol. The zero-order valence-electron chi connectivity index (χ0n) is 12.5. The molecule has 0 aromatic carbocycles. The number of piperidine rings is 3. The fourth-order valence-electron chi connectivity index (χ4n) is 3.59. The van der Waals surface area contributed by atoms with Gasteiger partial charge in [-0.3, -0.25) is 4.79 Å². The smallest absolute Gasteiger partial charge is 0.337 e. The Kier molecular flexibility index (Phi) is 3.54. The Hall–Kier alpha value is -1.99. The zero-order valence-corrected chi connectivity index (χ0v) is 13.3. The summed E-state index contributed by atoms with van der Waals surface area (Å²) in [4.78, 5) is 30.3. The molecule has 0 saturated carbocycles. The van der Waals surface area contributed by atoms with Crippen molar-refractivity contribution >= 4 is 33.3 Å². The van der Waals surface area contributed by atoms with Crippen molar-refractivity contribution in [3.8, 4) is 0 Å². The van der Waals surface area contributed by atoms with Crippen LogP contribution in [-0.4, -0.2) is 52.5 Å². The highest BCUT2D eigenvalue weighted by Gasteiger charge is 2.35. The van der Waals surface area contributed by atoms with Gasteiger partial charge in [0.2, 0.25) is 0 Å². The summed E-state index contributed by atoms with van der Waals surface area (Å²) >= 11 is 1.33. The number of carboxylic acids is 1. The van der Waals surface area contributed by atoms with Crippen LogP contribution in [0.2, 0.25) is 0 Å². The minimum absolute atomic E-state index is 0.170. The van der Waals surface area contributed by atoms with Crippen LogP contribution < -0.4 is 5.32 Å². The number of rotatable bonds is 3. The molecule has 5 rings (SSSR count). The summed E-state index contributed by atoms with van der Waals surface area (Å²) in [6, 6.07) is 1.76. The van der Waals surface area contributed by atoms with Crippen LogP contribution in [0.3, 0.4) is 0 Å². The number of thiophene rings is 1. The molecule has 0 radical (unpaired) electrons. The lowest BCUT2D eigenvalue weighted by atomic mass is 9.84. The second-order valence-electron chi connectivity index (χ2n) is 6.24. The second-order valence-corrected chi connectivity index (χ2v) is 7.15. The molecular formula is C16H17N3O3S. The van der Waals surface area contributed by atoms with E-state index < -0.39 is 5.97 Å². The molecule has 1 atom stereocenters. The zero-order chi connectivity index (χ0) is 16.0. The molecule has 6 nitrogen and oxygen atoms in total. The van der Waals surface area contributed by atoms with Gasteiger partial charge in [-0.1, -0.05) is 0 Å². The highest BCUT2D eigenvalue weighted by Crippen LogP contribution is 2.28. The van der Waals surface area contributed by atoms with Crippen molar-refractivity contribution in [1.29, 1.82) is 0 Å². The Balaban J connectivity index is 1.57. The van der Waals surface area contributed by atoms with Crippen molar-refractivity contribution in [2.45, 2.75) is 18.9 Å². The van der Waals surface area contributed by atoms with Crippen molar-refractivity contribution in [1.82, 2.24) is 15.2 Å². The third kappa shape index (κ3) is 2.60. The number of aromatic nitrogens is 1. The van der Waals surface area contributed by atoms with Gasteiger partial charge in [-0.25, -0.2) is 9.78 Å². The van der Waals surface area contributed by atoms with Crippen molar-refractivity contribution in [3.63, 3.8) is 0 Å². The number of nitrogens with one attached hydrogen (secondary N) is 1. The molecule has 0 spiro atoms. The van der Waals surface area contributed by atoms with E-state index in [4.69, 9.17) is 0 Å². The average molecular weight is 331 g/mol. The number of amides is 1. The summed E-state index contributed by atoms with van der Waals surface area (Å²) in [6.07, 6.45) is 3.84. The lowest BCUT2D eigenvalue weighted by molar-refractivity contribution is 0.0617. The molecule has 3 aliphatic rings. The highest BCUT2D eigenvalue weighted by atomic mass is 32.1. The van der Waals surface area contributed by atoms with Gasteiger partial charge in [0.25, 0.3) is 5.91 Å². The molecule has 3 fully saturated rings. The van der Waals surface area contributed by atoms with E-state index in [0.717, 1.165) is 37.2 Å². The summed E-state index contributed by atoms with van der Waals surface area (Å²) in [5.41, 5.74) is 0.513. The number of hydrogen-bond acceptors (Lipinski definition) is 5. The topological polar surface area (TPSA) is 82.5 Å². The molecule has 2 aromatic rings. The van der Waals surface area contributed by atoms with Crippen LogP contribution >= 0.6 is 11.3 Å². The van der Waals surface area contributed by atoms with E-state index >= 15 is 0 Å². The maximum Gasteiger partial charge on any atom is 0.337 e. The first-order chi connectivity index (χ1) is 11.1. The molecule has 2 N–H and O–H groups in total. The molecular weight excluding hydrogens is 314 g/mol. The number of pyridine rings is 1. The first-order valence-corrected chi connectivity index (χ1v) is 8.63. The van der Waals surface area contributed by atoms with E-state index in [1.807, 2.05) is 0 Å². The lowest BCUT2D eigenvalue weighted by Gasteiger charge is -2.44. The number of aromatic carboxylic acids is 1. The van der Waals surface area contributed by atoms with Gasteiger partial charge in [-0.2, -0.15) is 0 Å². The quantitative estimate of drug-likeness (QED) is 0.896. The van der Waals surface area contributed by atoms with Crippen LogP contribution in [0.5, 0.6) is 0 Å². The van der Waals surface area contributed by atoms with Gasteiger partial charge in [0.15, 0.2) is 0 Å². The van der Waals surface area contributed by atoms with Gasteiger partial charge in [0, 0.05) is 29.5 Å². The summed E-state index contributed by atoms with van der Waals surface area (Å²) in [6.45, 7) is 3.15. The van der Waals surface area contributed by atoms with Crippen LogP contribution in [0.1, 0.15) is 33.7 Å². The Morgan fingerprint density at radius 2 is 2.13 bits per heavy atom. The fourth-order valence-corrected chi connectivity index (χ4v) is 4.48. The summed E-state index contributed by atoms with van der Waals surface area (Å²) in [5, 5.41) is 14.5. The summed E-state index contributed by atoms with van der Waals surface area (Å²) in [7, 11) is 0. The van der Waals surface area contributed by atoms with Crippen molar-refractivity contribution in [2.24, 2.45) is 5.92 Å². The maximum atomic E-state index is 12.5. The van der Waals surface area contributed by atoms with Crippen molar-refractivity contribution < 1.29 is 14.7 Å². The standard InChI is InChI=1S/C16H17N3O3S/c20-15(18-13-7-19-3-1-9(13)2-4-19)12-5-10-11(16(21)22)8-23-14(10)6-17-12/h5-6,8-9,13H,1-4,7H2,(H,18,20)(H,21,22)/t13-/m0/s1.